The first-order chi connectivity index (χ1) is 23.9. The number of esters is 1. The molecule has 0 bridgehead atoms. The van der Waals surface area contributed by atoms with Crippen molar-refractivity contribution in [3.05, 3.63) is 60.8 Å². The van der Waals surface area contributed by atoms with Gasteiger partial charge in [-0.15, -0.1) is 0 Å². The highest BCUT2D eigenvalue weighted by Crippen LogP contribution is 2.43. The number of carbonyl (C=O) groups excluding carboxylic acids is 1. The van der Waals surface area contributed by atoms with Gasteiger partial charge in [-0.05, 0) is 57.8 Å². The fourth-order valence-electron chi connectivity index (χ4n) is 4.90. The average Bonchev–Trinajstić information content (AvgIpc) is 3.09. The van der Waals surface area contributed by atoms with Gasteiger partial charge in [-0.1, -0.05) is 145 Å². The fraction of sp³-hybridized carbons (Fsp3) is 0.725. The Morgan fingerprint density at radius 1 is 0.633 bits per heavy atom. The number of nitrogens with two attached hydrogens (primary N) is 1. The molecule has 0 aromatic carbocycles. The predicted octanol–water partition coefficient (Wildman–Crippen LogP) is 11.0. The Kier molecular flexibility index (Phi) is 36.1. The highest BCUT2D eigenvalue weighted by molar-refractivity contribution is 7.47. The predicted molar refractivity (Wildman–Crippen MR) is 205 cm³/mol. The molecule has 3 N–H and O–H groups in total. The van der Waals surface area contributed by atoms with Gasteiger partial charge in [0.25, 0.3) is 0 Å². The third-order valence-corrected chi connectivity index (χ3v) is 8.68. The Balaban J connectivity index is 4.00. The first kappa shape index (κ1) is 47.2. The van der Waals surface area contributed by atoms with Gasteiger partial charge in [0.2, 0.25) is 0 Å². The van der Waals surface area contributed by atoms with Crippen LogP contribution in [-0.2, 0) is 27.9 Å². The van der Waals surface area contributed by atoms with Crippen molar-refractivity contribution in [2.24, 2.45) is 5.73 Å². The second-order valence-electron chi connectivity index (χ2n) is 12.4. The number of phosphoric ester groups is 1. The van der Waals surface area contributed by atoms with Crippen LogP contribution in [0.2, 0.25) is 0 Å². The molecule has 0 saturated heterocycles. The summed E-state index contributed by atoms with van der Waals surface area (Å²) in [6, 6.07) is 0. The Labute approximate surface area is 300 Å². The molecule has 0 rings (SSSR count). The molecule has 0 spiro atoms. The van der Waals surface area contributed by atoms with Gasteiger partial charge in [-0.3, -0.25) is 13.8 Å². The lowest BCUT2D eigenvalue weighted by atomic mass is 10.1. The van der Waals surface area contributed by atoms with Crippen molar-refractivity contribution in [3.8, 4) is 0 Å². The van der Waals surface area contributed by atoms with Gasteiger partial charge in [0.05, 0.1) is 19.8 Å². The summed E-state index contributed by atoms with van der Waals surface area (Å²) in [7, 11) is -4.27. The van der Waals surface area contributed by atoms with Crippen LogP contribution in [0.4, 0.5) is 0 Å². The van der Waals surface area contributed by atoms with Crippen molar-refractivity contribution in [1.82, 2.24) is 0 Å². The van der Waals surface area contributed by atoms with Crippen molar-refractivity contribution >= 4 is 13.8 Å². The van der Waals surface area contributed by atoms with E-state index in [9.17, 15) is 14.3 Å². The summed E-state index contributed by atoms with van der Waals surface area (Å²) in [4.78, 5) is 22.3. The maximum Gasteiger partial charge on any atom is 0.472 e. The SMILES string of the molecule is CC/C=C\C/C=C\C/C=C\C/C=C\C/C=C\CCCCCCCCCC(=O)OC(COCCCCCCCCC)COP(=O)(O)OCCN. The van der Waals surface area contributed by atoms with Gasteiger partial charge in [-0.2, -0.15) is 0 Å². The third-order valence-electron chi connectivity index (χ3n) is 7.70. The molecule has 0 amide bonds. The van der Waals surface area contributed by atoms with Crippen molar-refractivity contribution in [1.29, 1.82) is 0 Å². The smallest absolute Gasteiger partial charge is 0.457 e. The number of rotatable bonds is 36. The van der Waals surface area contributed by atoms with E-state index in [2.05, 4.69) is 74.6 Å². The molecule has 2 unspecified atom stereocenters. The summed E-state index contributed by atoms with van der Waals surface area (Å²) >= 11 is 0. The van der Waals surface area contributed by atoms with Crippen LogP contribution in [-0.4, -0.2) is 49.9 Å². The van der Waals surface area contributed by atoms with E-state index in [1.165, 1.54) is 51.4 Å². The minimum atomic E-state index is -4.27. The second kappa shape index (κ2) is 37.5. The maximum atomic E-state index is 12.5. The van der Waals surface area contributed by atoms with Gasteiger partial charge < -0.3 is 20.1 Å². The normalized spacial score (nSPS) is 14.3. The molecule has 0 aliphatic heterocycles. The lowest BCUT2D eigenvalue weighted by Gasteiger charge is -2.20. The molecular formula is C40H72NO7P. The monoisotopic (exact) mass is 710 g/mol. The Morgan fingerprint density at radius 2 is 1.14 bits per heavy atom. The number of hydrogen-bond donors (Lipinski definition) is 2. The van der Waals surface area contributed by atoms with E-state index in [0.29, 0.717) is 13.0 Å². The summed E-state index contributed by atoms with van der Waals surface area (Å²) in [6.07, 6.45) is 43.9. The molecule has 0 radical (unpaired) electrons. The summed E-state index contributed by atoms with van der Waals surface area (Å²) in [5.74, 6) is -0.346. The van der Waals surface area contributed by atoms with E-state index in [1.54, 1.807) is 0 Å². The van der Waals surface area contributed by atoms with Gasteiger partial charge in [0, 0.05) is 19.6 Å². The molecule has 9 heteroatoms. The first-order valence-corrected chi connectivity index (χ1v) is 20.8. The molecule has 0 aromatic rings. The van der Waals surface area contributed by atoms with Crippen LogP contribution in [0.3, 0.4) is 0 Å². The van der Waals surface area contributed by atoms with Gasteiger partial charge >= 0.3 is 13.8 Å². The summed E-state index contributed by atoms with van der Waals surface area (Å²) in [5.41, 5.74) is 5.34. The molecule has 49 heavy (non-hydrogen) atoms. The quantitative estimate of drug-likeness (QED) is 0.0286. The van der Waals surface area contributed by atoms with Crippen LogP contribution >= 0.6 is 7.82 Å². The largest absolute Gasteiger partial charge is 0.472 e. The second-order valence-corrected chi connectivity index (χ2v) is 13.9. The summed E-state index contributed by atoms with van der Waals surface area (Å²) in [5, 5.41) is 0. The number of unbranched alkanes of at least 4 members (excludes halogenated alkanes) is 13. The van der Waals surface area contributed by atoms with E-state index in [4.69, 9.17) is 24.3 Å². The molecule has 0 aliphatic carbocycles. The molecule has 2 atom stereocenters. The number of hydrogen-bond acceptors (Lipinski definition) is 7. The highest BCUT2D eigenvalue weighted by atomic mass is 31.2. The van der Waals surface area contributed by atoms with E-state index in [-0.39, 0.29) is 32.3 Å². The zero-order valence-corrected chi connectivity index (χ0v) is 32.1. The van der Waals surface area contributed by atoms with Crippen LogP contribution in [0.5, 0.6) is 0 Å². The Hall–Kier alpha value is -1.80. The summed E-state index contributed by atoms with van der Waals surface area (Å²) in [6.45, 7) is 4.74. The topological polar surface area (TPSA) is 117 Å². The molecule has 0 fully saturated rings. The fourth-order valence-corrected chi connectivity index (χ4v) is 5.67. The van der Waals surface area contributed by atoms with Gasteiger partial charge in [0.15, 0.2) is 0 Å². The van der Waals surface area contributed by atoms with E-state index in [0.717, 1.165) is 77.0 Å². The van der Waals surface area contributed by atoms with E-state index < -0.39 is 13.9 Å². The van der Waals surface area contributed by atoms with Crippen LogP contribution in [0.25, 0.3) is 0 Å². The molecular weight excluding hydrogens is 637 g/mol. The first-order valence-electron chi connectivity index (χ1n) is 19.3. The molecule has 284 valence electrons. The maximum absolute atomic E-state index is 12.5. The van der Waals surface area contributed by atoms with Crippen LogP contribution in [0.15, 0.2) is 60.8 Å². The Morgan fingerprint density at radius 3 is 1.71 bits per heavy atom. The lowest BCUT2D eigenvalue weighted by Crippen LogP contribution is -2.28. The minimum absolute atomic E-state index is 0.0962. The zero-order chi connectivity index (χ0) is 35.9. The van der Waals surface area contributed by atoms with Crippen LogP contribution in [0, 0.1) is 0 Å². The number of allylic oxidation sites excluding steroid dienone is 10. The van der Waals surface area contributed by atoms with Crippen molar-refractivity contribution in [3.63, 3.8) is 0 Å². The summed E-state index contributed by atoms with van der Waals surface area (Å²) < 4.78 is 33.1. The van der Waals surface area contributed by atoms with Crippen molar-refractivity contribution in [2.75, 3.05) is 33.0 Å². The molecule has 0 saturated carbocycles. The molecule has 8 nitrogen and oxygen atoms in total. The van der Waals surface area contributed by atoms with E-state index >= 15 is 0 Å². The van der Waals surface area contributed by atoms with Crippen LogP contribution < -0.4 is 5.73 Å². The third kappa shape index (κ3) is 37.3. The zero-order valence-electron chi connectivity index (χ0n) is 31.2. The van der Waals surface area contributed by atoms with Crippen molar-refractivity contribution in [2.45, 2.75) is 155 Å². The molecule has 0 aromatic heterocycles. The number of phosphoric acid groups is 1. The standard InChI is InChI=1S/C40H72NO7P/c1-3-5-7-9-11-12-13-14-15-16-17-18-19-20-21-22-23-24-25-26-27-29-31-33-40(42)48-39(38-47-49(43,44)46-36-34-41)37-45-35-32-30-28-10-8-6-4-2/h5,7,11-12,14-15,17-18,20-21,39H,3-4,6,8-10,13,16,19,22-38,41H2,1-2H3,(H,43,44)/b7-5-,12-11-,15-14-,18-17-,21-20-. The Bertz CT molecular complexity index is 932. The van der Waals surface area contributed by atoms with Gasteiger partial charge in [-0.25, -0.2) is 4.57 Å². The van der Waals surface area contributed by atoms with E-state index in [1.807, 2.05) is 0 Å². The average molecular weight is 710 g/mol. The van der Waals surface area contributed by atoms with Crippen LogP contribution in [0.1, 0.15) is 149 Å². The highest BCUT2D eigenvalue weighted by Gasteiger charge is 2.25. The molecule has 0 heterocycles. The lowest BCUT2D eigenvalue weighted by molar-refractivity contribution is -0.154. The number of ether oxygens (including phenoxy) is 2. The van der Waals surface area contributed by atoms with Gasteiger partial charge in [0.1, 0.15) is 6.10 Å². The minimum Gasteiger partial charge on any atom is -0.457 e. The van der Waals surface area contributed by atoms with Crippen molar-refractivity contribution < 1.29 is 32.8 Å². The number of carbonyl (C=O) groups is 1. The molecule has 0 aliphatic rings.